The molecule has 0 aliphatic carbocycles. The van der Waals surface area contributed by atoms with E-state index in [0.29, 0.717) is 0 Å². The second kappa shape index (κ2) is 13.0. The molecule has 11 nitrogen and oxygen atoms in total. The molecule has 0 radical (unpaired) electrons. The molecule has 9 aromatic rings. The number of hydrogen-bond donors (Lipinski definition) is 0. The van der Waals surface area contributed by atoms with Gasteiger partial charge in [0.15, 0.2) is 0 Å². The number of allylic oxidation sites excluding steroid dienone is 1. The number of rotatable bonds is 3. The van der Waals surface area contributed by atoms with Crippen molar-refractivity contribution in [1.82, 2.24) is 47.8 Å². The molecule has 1 atom stereocenters. The first kappa shape index (κ1) is 33.5. The number of fused-ring (bicyclic) bond motifs is 6. The van der Waals surface area contributed by atoms with Crippen LogP contribution in [0.5, 0.6) is 0 Å². The summed E-state index contributed by atoms with van der Waals surface area (Å²) < 4.78 is 10.0. The molecular weight excluding hydrogens is 989 g/mol. The first-order valence-electron chi connectivity index (χ1n) is 15.6. The summed E-state index contributed by atoms with van der Waals surface area (Å²) in [5.74, 6) is 3.85. The fraction of sp³-hybridized carbons (Fsp3) is 0.135. The Morgan fingerprint density at radius 1 is 0.660 bits per heavy atom. The predicted octanol–water partition coefficient (Wildman–Crippen LogP) is 6.04. The minimum Gasteiger partial charge on any atom is -0.488 e. The molecule has 1 aliphatic heterocycles. The van der Waals surface area contributed by atoms with Crippen LogP contribution in [-0.4, -0.2) is 43.6 Å². The van der Waals surface area contributed by atoms with Gasteiger partial charge in [-0.2, -0.15) is 12.3 Å². The van der Waals surface area contributed by atoms with E-state index in [0.717, 1.165) is 78.4 Å². The molecule has 252 valence electrons. The zero-order valence-corrected chi connectivity index (χ0v) is 31.9. The number of aryl methyl sites for hydroxylation is 3. The van der Waals surface area contributed by atoms with Gasteiger partial charge in [0.05, 0.1) is 0 Å². The van der Waals surface area contributed by atoms with Gasteiger partial charge in [-0.25, -0.2) is 9.97 Å². The fourth-order valence-electron chi connectivity index (χ4n) is 6.63. The second-order valence-electron chi connectivity index (χ2n) is 12.0. The average Bonchev–Trinajstić information content (AvgIpc) is 3.92. The Bertz CT molecular complexity index is 2700. The summed E-state index contributed by atoms with van der Waals surface area (Å²) in [6.45, 7) is 2.12. The minimum atomic E-state index is 0. The van der Waals surface area contributed by atoms with Crippen LogP contribution in [0.3, 0.4) is 0 Å². The third-order valence-electron chi connectivity index (χ3n) is 9.04. The molecule has 0 fully saturated rings. The van der Waals surface area contributed by atoms with Gasteiger partial charge in [-0.3, -0.25) is 0 Å². The van der Waals surface area contributed by atoms with Crippen LogP contribution in [0.4, 0.5) is 0 Å². The predicted molar refractivity (Wildman–Crippen MR) is 187 cm³/mol. The second-order valence-corrected chi connectivity index (χ2v) is 12.0. The molecule has 50 heavy (non-hydrogen) atoms. The van der Waals surface area contributed by atoms with E-state index in [1.165, 1.54) is 0 Å². The van der Waals surface area contributed by atoms with E-state index in [1.54, 1.807) is 6.20 Å². The van der Waals surface area contributed by atoms with Crippen molar-refractivity contribution >= 4 is 49.7 Å². The molecule has 1 aliphatic rings. The van der Waals surface area contributed by atoms with Gasteiger partial charge in [0.1, 0.15) is 11.6 Å². The molecule has 0 N–H and O–H groups in total. The SMILES string of the molecule is CC1C=[C-]N=C1n1ccc2c3cccc(-c4nccn4C)c3[n-]c21.Cn1ccnc1-c1cccc2c1[n-]c1c2ccn1-c1n[c-]cn1C.[Pt+2].[Pt+2]. The maximum Gasteiger partial charge on any atom is 2.00 e. The normalized spacial score (nSPS) is 13.9. The van der Waals surface area contributed by atoms with Gasteiger partial charge in [-0.1, -0.05) is 91.3 Å². The summed E-state index contributed by atoms with van der Waals surface area (Å²) >= 11 is 0. The molecular formula is C37H29N11Pt2. The Kier molecular flexibility index (Phi) is 8.74. The molecule has 8 heterocycles. The number of imidazole rings is 3. The molecule has 1 unspecified atom stereocenters. The van der Waals surface area contributed by atoms with E-state index in [4.69, 9.17) is 9.97 Å². The Morgan fingerprint density at radius 3 is 1.70 bits per heavy atom. The smallest absolute Gasteiger partial charge is 0.488 e. The van der Waals surface area contributed by atoms with Crippen molar-refractivity contribution in [3.8, 4) is 28.7 Å². The molecule has 13 heteroatoms. The molecule has 7 aromatic heterocycles. The molecule has 0 amide bonds. The molecule has 0 saturated carbocycles. The quantitative estimate of drug-likeness (QED) is 0.201. The molecule has 0 bridgehead atoms. The number of hydrogen-bond acceptors (Lipinski definition) is 4. The van der Waals surface area contributed by atoms with Crippen LogP contribution in [0.1, 0.15) is 6.92 Å². The Morgan fingerprint density at radius 2 is 1.22 bits per heavy atom. The van der Waals surface area contributed by atoms with E-state index in [9.17, 15) is 0 Å². The summed E-state index contributed by atoms with van der Waals surface area (Å²) in [4.78, 5) is 27.5. The summed E-state index contributed by atoms with van der Waals surface area (Å²) in [7, 11) is 5.95. The van der Waals surface area contributed by atoms with Crippen molar-refractivity contribution in [3.63, 3.8) is 0 Å². The summed E-state index contributed by atoms with van der Waals surface area (Å²) in [5.41, 5.74) is 5.87. The van der Waals surface area contributed by atoms with Gasteiger partial charge < -0.3 is 42.8 Å². The summed E-state index contributed by atoms with van der Waals surface area (Å²) in [5, 5.41) is 4.53. The van der Waals surface area contributed by atoms with Gasteiger partial charge in [-0.05, 0) is 45.6 Å². The molecule has 0 saturated heterocycles. The number of benzene rings is 2. The number of para-hydroxylation sites is 2. The van der Waals surface area contributed by atoms with Gasteiger partial charge in [0.25, 0.3) is 0 Å². The number of nitrogens with zero attached hydrogens (tertiary/aromatic N) is 11. The van der Waals surface area contributed by atoms with Crippen LogP contribution in [0.2, 0.25) is 0 Å². The zero-order valence-electron chi connectivity index (χ0n) is 27.4. The van der Waals surface area contributed by atoms with Crippen molar-refractivity contribution < 1.29 is 42.1 Å². The Labute approximate surface area is 315 Å². The van der Waals surface area contributed by atoms with Crippen molar-refractivity contribution in [3.05, 3.63) is 110 Å². The topological polar surface area (TPSA) is 104 Å². The Hall–Kier alpha value is -4.98. The Balaban J connectivity index is 0.000000151. The molecule has 2 aromatic carbocycles. The van der Waals surface area contributed by atoms with Gasteiger partial charge in [0.2, 0.25) is 0 Å². The van der Waals surface area contributed by atoms with Crippen molar-refractivity contribution in [2.24, 2.45) is 32.1 Å². The largest absolute Gasteiger partial charge is 2.00 e. The van der Waals surface area contributed by atoms with Crippen molar-refractivity contribution in [2.45, 2.75) is 6.92 Å². The maximum absolute atomic E-state index is 4.94. The number of aliphatic imine (C=N–C) groups is 1. The third kappa shape index (κ3) is 5.19. The van der Waals surface area contributed by atoms with Gasteiger partial charge >= 0.3 is 42.1 Å². The van der Waals surface area contributed by atoms with E-state index in [-0.39, 0.29) is 48.0 Å². The molecule has 10 rings (SSSR count). The average molecular weight is 1020 g/mol. The van der Waals surface area contributed by atoms with Crippen LogP contribution in [-0.2, 0) is 63.3 Å². The van der Waals surface area contributed by atoms with Crippen LogP contribution < -0.4 is 9.97 Å². The summed E-state index contributed by atoms with van der Waals surface area (Å²) in [6, 6.07) is 16.7. The van der Waals surface area contributed by atoms with Crippen LogP contribution >= 0.6 is 0 Å². The standard InChI is InChI=1S/C19H15N5.C18H14N6.2Pt/c1-12-6-8-20-17(12)24-10-7-14-13-4-3-5-15(16(13)22-19(14)24)18-21-9-11-23(18)2;1-22-10-7-19-16(22)14-5-3-4-12-13-6-9-24(17(13)21-15(12)14)18-20-8-11-23(18)2;;/h3-7,9-12H,1-2H3;3-7,9-11H,1-2H3;;/q2*-2;2*+2. The van der Waals surface area contributed by atoms with E-state index in [2.05, 4.69) is 92.4 Å². The van der Waals surface area contributed by atoms with Gasteiger partial charge in [-0.15, -0.1) is 12.0 Å². The summed E-state index contributed by atoms with van der Waals surface area (Å²) in [6.07, 6.45) is 21.2. The first-order chi connectivity index (χ1) is 23.5. The zero-order chi connectivity index (χ0) is 32.5. The number of aromatic nitrogens is 10. The fourth-order valence-corrected chi connectivity index (χ4v) is 6.63. The monoisotopic (exact) mass is 1020 g/mol. The van der Waals surface area contributed by atoms with E-state index < -0.39 is 0 Å². The van der Waals surface area contributed by atoms with Crippen LogP contribution in [0, 0.1) is 18.3 Å². The maximum atomic E-state index is 4.94. The van der Waals surface area contributed by atoms with E-state index in [1.807, 2.05) is 82.7 Å². The van der Waals surface area contributed by atoms with Gasteiger partial charge in [0, 0.05) is 50.0 Å². The third-order valence-corrected chi connectivity index (χ3v) is 9.04. The van der Waals surface area contributed by atoms with E-state index >= 15 is 0 Å². The van der Waals surface area contributed by atoms with Crippen molar-refractivity contribution in [1.29, 1.82) is 0 Å². The van der Waals surface area contributed by atoms with Crippen molar-refractivity contribution in [2.75, 3.05) is 0 Å². The minimum absolute atomic E-state index is 0. The first-order valence-corrected chi connectivity index (χ1v) is 15.6. The molecule has 0 spiro atoms. The van der Waals surface area contributed by atoms with Crippen LogP contribution in [0.15, 0.2) is 103 Å². The van der Waals surface area contributed by atoms with Crippen LogP contribution in [0.25, 0.3) is 72.6 Å².